The number of aromatic carboxylic acids is 1. The van der Waals surface area contributed by atoms with Gasteiger partial charge in [0.1, 0.15) is 5.56 Å². The highest BCUT2D eigenvalue weighted by Gasteiger charge is 2.28. The van der Waals surface area contributed by atoms with Gasteiger partial charge >= 0.3 is 5.97 Å². The fraction of sp³-hybridized carbons (Fsp3) is 0.636. The second kappa shape index (κ2) is 4.46. The number of hydrogen-bond acceptors (Lipinski definition) is 4. The first-order chi connectivity index (χ1) is 8.02. The maximum absolute atomic E-state index is 11.0. The summed E-state index contributed by atoms with van der Waals surface area (Å²) >= 11 is 0. The number of nitrogens with zero attached hydrogens (tertiary/aromatic N) is 2. The summed E-state index contributed by atoms with van der Waals surface area (Å²) in [5.41, 5.74) is 1.03. The summed E-state index contributed by atoms with van der Waals surface area (Å²) in [6.45, 7) is 4.58. The Balaban J connectivity index is 2.08. The standard InChI is InChI=1S/C11H18N4O2/c1-11(3-4-12-7-11)13-6-9-8(10(16)17)5-14-15(9)2/h5,12-13H,3-4,6-7H2,1-2H3,(H,16,17). The lowest BCUT2D eigenvalue weighted by molar-refractivity contribution is 0.0695. The average molecular weight is 238 g/mol. The van der Waals surface area contributed by atoms with Crippen LogP contribution in [-0.4, -0.2) is 39.5 Å². The second-order valence-corrected chi connectivity index (χ2v) is 4.77. The molecule has 1 atom stereocenters. The van der Waals surface area contributed by atoms with Gasteiger partial charge in [-0.15, -0.1) is 0 Å². The number of rotatable bonds is 4. The van der Waals surface area contributed by atoms with E-state index in [0.29, 0.717) is 12.2 Å². The van der Waals surface area contributed by atoms with Crippen molar-refractivity contribution in [1.29, 1.82) is 0 Å². The quantitative estimate of drug-likeness (QED) is 0.686. The molecule has 94 valence electrons. The Morgan fingerprint density at radius 3 is 3.12 bits per heavy atom. The SMILES string of the molecule is Cn1ncc(C(=O)O)c1CNC1(C)CCNC1. The van der Waals surface area contributed by atoms with Gasteiger partial charge in [0.25, 0.3) is 0 Å². The van der Waals surface area contributed by atoms with Gasteiger partial charge in [-0.25, -0.2) is 4.79 Å². The molecule has 0 amide bonds. The van der Waals surface area contributed by atoms with Gasteiger partial charge in [0.2, 0.25) is 0 Å². The van der Waals surface area contributed by atoms with E-state index in [1.54, 1.807) is 11.7 Å². The summed E-state index contributed by atoms with van der Waals surface area (Å²) in [5, 5.41) is 19.7. The molecule has 17 heavy (non-hydrogen) atoms. The number of carbonyl (C=O) groups is 1. The third kappa shape index (κ3) is 2.48. The maximum atomic E-state index is 11.0. The van der Waals surface area contributed by atoms with Crippen molar-refractivity contribution in [2.75, 3.05) is 13.1 Å². The zero-order valence-corrected chi connectivity index (χ0v) is 10.2. The number of hydrogen-bond donors (Lipinski definition) is 3. The summed E-state index contributed by atoms with van der Waals surface area (Å²) < 4.78 is 1.61. The Hall–Kier alpha value is -1.40. The Labute approximate surface area is 100 Å². The van der Waals surface area contributed by atoms with Crippen molar-refractivity contribution in [3.8, 4) is 0 Å². The van der Waals surface area contributed by atoms with Crippen LogP contribution in [0.2, 0.25) is 0 Å². The van der Waals surface area contributed by atoms with Crippen LogP contribution in [0.5, 0.6) is 0 Å². The van der Waals surface area contributed by atoms with Crippen molar-refractivity contribution in [3.63, 3.8) is 0 Å². The lowest BCUT2D eigenvalue weighted by Crippen LogP contribution is -2.44. The van der Waals surface area contributed by atoms with Crippen LogP contribution in [0.4, 0.5) is 0 Å². The van der Waals surface area contributed by atoms with E-state index in [4.69, 9.17) is 5.11 Å². The van der Waals surface area contributed by atoms with Crippen LogP contribution in [0.1, 0.15) is 29.4 Å². The van der Waals surface area contributed by atoms with Crippen LogP contribution >= 0.6 is 0 Å². The van der Waals surface area contributed by atoms with Gasteiger partial charge in [-0.3, -0.25) is 4.68 Å². The van der Waals surface area contributed by atoms with E-state index in [-0.39, 0.29) is 11.1 Å². The molecule has 6 heteroatoms. The van der Waals surface area contributed by atoms with Crippen molar-refractivity contribution in [2.24, 2.45) is 7.05 Å². The van der Waals surface area contributed by atoms with Crippen LogP contribution in [0.25, 0.3) is 0 Å². The molecule has 0 radical (unpaired) electrons. The molecular formula is C11H18N4O2. The molecule has 0 aliphatic carbocycles. The van der Waals surface area contributed by atoms with Crippen molar-refractivity contribution in [1.82, 2.24) is 20.4 Å². The highest BCUT2D eigenvalue weighted by atomic mass is 16.4. The Kier molecular flexibility index (Phi) is 3.17. The van der Waals surface area contributed by atoms with Gasteiger partial charge in [0.05, 0.1) is 11.9 Å². The molecule has 1 fully saturated rings. The van der Waals surface area contributed by atoms with E-state index in [2.05, 4.69) is 22.7 Å². The van der Waals surface area contributed by atoms with Crippen LogP contribution in [0, 0.1) is 0 Å². The molecule has 2 rings (SSSR count). The first kappa shape index (κ1) is 12.1. The van der Waals surface area contributed by atoms with E-state index in [9.17, 15) is 4.79 Å². The summed E-state index contributed by atoms with van der Waals surface area (Å²) in [6, 6.07) is 0. The number of aryl methyl sites for hydroxylation is 1. The molecule has 0 aromatic carbocycles. The molecule has 3 N–H and O–H groups in total. The largest absolute Gasteiger partial charge is 0.478 e. The smallest absolute Gasteiger partial charge is 0.339 e. The third-order valence-electron chi connectivity index (χ3n) is 3.34. The van der Waals surface area contributed by atoms with Crippen molar-refractivity contribution >= 4 is 5.97 Å². The molecule has 1 aromatic heterocycles. The van der Waals surface area contributed by atoms with Gasteiger partial charge in [-0.1, -0.05) is 0 Å². The highest BCUT2D eigenvalue weighted by molar-refractivity contribution is 5.88. The van der Waals surface area contributed by atoms with Crippen LogP contribution < -0.4 is 10.6 Å². The Morgan fingerprint density at radius 2 is 2.53 bits per heavy atom. The van der Waals surface area contributed by atoms with Gasteiger partial charge in [0, 0.05) is 25.7 Å². The number of aromatic nitrogens is 2. The normalized spacial score (nSPS) is 24.1. The van der Waals surface area contributed by atoms with Crippen molar-refractivity contribution in [3.05, 3.63) is 17.5 Å². The molecule has 1 unspecified atom stereocenters. The van der Waals surface area contributed by atoms with Crippen LogP contribution in [-0.2, 0) is 13.6 Å². The minimum absolute atomic E-state index is 0.0417. The van der Waals surface area contributed by atoms with E-state index in [0.717, 1.165) is 19.5 Å². The van der Waals surface area contributed by atoms with Crippen molar-refractivity contribution < 1.29 is 9.90 Å². The molecular weight excluding hydrogens is 220 g/mol. The molecule has 6 nitrogen and oxygen atoms in total. The van der Waals surface area contributed by atoms with E-state index < -0.39 is 5.97 Å². The molecule has 2 heterocycles. The predicted octanol–water partition coefficient (Wildman–Crippen LogP) is -0.0401. The fourth-order valence-electron chi connectivity index (χ4n) is 2.12. The van der Waals surface area contributed by atoms with Crippen molar-refractivity contribution in [2.45, 2.75) is 25.4 Å². The zero-order chi connectivity index (χ0) is 12.5. The maximum Gasteiger partial charge on any atom is 0.339 e. The fourth-order valence-corrected chi connectivity index (χ4v) is 2.12. The lowest BCUT2D eigenvalue weighted by atomic mass is 10.0. The monoisotopic (exact) mass is 238 g/mol. The highest BCUT2D eigenvalue weighted by Crippen LogP contribution is 2.15. The Bertz CT molecular complexity index is 421. The summed E-state index contributed by atoms with van der Waals surface area (Å²) in [7, 11) is 1.76. The zero-order valence-electron chi connectivity index (χ0n) is 10.2. The topological polar surface area (TPSA) is 79.2 Å². The van der Waals surface area contributed by atoms with Crippen LogP contribution in [0.15, 0.2) is 6.20 Å². The minimum atomic E-state index is -0.926. The Morgan fingerprint density at radius 1 is 1.76 bits per heavy atom. The minimum Gasteiger partial charge on any atom is -0.478 e. The lowest BCUT2D eigenvalue weighted by Gasteiger charge is -2.24. The summed E-state index contributed by atoms with van der Waals surface area (Å²) in [5.74, 6) is -0.926. The first-order valence-corrected chi connectivity index (χ1v) is 5.72. The van der Waals surface area contributed by atoms with Gasteiger partial charge in [0.15, 0.2) is 0 Å². The summed E-state index contributed by atoms with van der Waals surface area (Å²) in [6.07, 6.45) is 2.45. The molecule has 0 saturated carbocycles. The third-order valence-corrected chi connectivity index (χ3v) is 3.34. The summed E-state index contributed by atoms with van der Waals surface area (Å²) in [4.78, 5) is 11.0. The molecule has 1 aliphatic rings. The predicted molar refractivity (Wildman–Crippen MR) is 62.9 cm³/mol. The van der Waals surface area contributed by atoms with Gasteiger partial charge in [-0.05, 0) is 19.9 Å². The molecule has 0 bridgehead atoms. The average Bonchev–Trinajstić information content (AvgIpc) is 2.83. The molecule has 1 saturated heterocycles. The number of nitrogens with one attached hydrogen (secondary N) is 2. The van der Waals surface area contributed by atoms with Gasteiger partial charge in [-0.2, -0.15) is 5.10 Å². The molecule has 1 aliphatic heterocycles. The van der Waals surface area contributed by atoms with E-state index in [1.165, 1.54) is 6.20 Å². The van der Waals surface area contributed by atoms with Gasteiger partial charge < -0.3 is 15.7 Å². The second-order valence-electron chi connectivity index (χ2n) is 4.77. The first-order valence-electron chi connectivity index (χ1n) is 5.72. The molecule has 0 spiro atoms. The van der Waals surface area contributed by atoms with Crippen LogP contribution in [0.3, 0.4) is 0 Å². The number of carboxylic acid groups (broad SMARTS) is 1. The van der Waals surface area contributed by atoms with E-state index in [1.807, 2.05) is 0 Å². The van der Waals surface area contributed by atoms with E-state index >= 15 is 0 Å². The molecule has 1 aromatic rings. The number of carboxylic acids is 1.